The van der Waals surface area contributed by atoms with Gasteiger partial charge in [-0.05, 0) is 56.7 Å². The summed E-state index contributed by atoms with van der Waals surface area (Å²) in [5.74, 6) is 1.68. The van der Waals surface area contributed by atoms with E-state index in [4.69, 9.17) is 20.8 Å². The maximum absolute atomic E-state index is 7.15. The van der Waals surface area contributed by atoms with Crippen LogP contribution in [0.4, 0.5) is 0 Å². The number of hydrogen-bond donors (Lipinski definition) is 0. The summed E-state index contributed by atoms with van der Waals surface area (Å²) in [5, 5.41) is 5.21. The third-order valence-electron chi connectivity index (χ3n) is 7.01. The van der Waals surface area contributed by atoms with Crippen molar-refractivity contribution in [2.24, 2.45) is 0 Å². The van der Waals surface area contributed by atoms with Gasteiger partial charge in [0.25, 0.3) is 0 Å². The largest absolute Gasteiger partial charge is 0.534 e. The predicted octanol–water partition coefficient (Wildman–Crippen LogP) is 8.11. The normalized spacial score (nSPS) is 11.9. The molecule has 0 saturated carbocycles. The van der Waals surface area contributed by atoms with Crippen molar-refractivity contribution in [2.75, 3.05) is 7.11 Å². The van der Waals surface area contributed by atoms with E-state index in [-0.39, 0.29) is 5.04 Å². The lowest BCUT2D eigenvalue weighted by Crippen LogP contribution is -2.68. The smallest absolute Gasteiger partial charge is 0.319 e. The van der Waals surface area contributed by atoms with E-state index in [1.54, 1.807) is 7.11 Å². The molecule has 0 bridgehead atoms. The Bertz CT molecular complexity index is 1470. The molecule has 37 heavy (non-hydrogen) atoms. The molecule has 0 fully saturated rings. The first-order chi connectivity index (χ1) is 17.8. The zero-order valence-electron chi connectivity index (χ0n) is 21.7. The van der Waals surface area contributed by atoms with E-state index in [1.165, 1.54) is 10.4 Å². The molecule has 0 aromatic heterocycles. The number of fused-ring (bicyclic) bond motifs is 1. The molecule has 0 unspecified atom stereocenters. The van der Waals surface area contributed by atoms with Crippen molar-refractivity contribution < 1.29 is 9.16 Å². The second-order valence-electron chi connectivity index (χ2n) is 10.3. The van der Waals surface area contributed by atoms with Gasteiger partial charge in [0.2, 0.25) is 0 Å². The van der Waals surface area contributed by atoms with Crippen LogP contribution in [-0.4, -0.2) is 15.4 Å². The van der Waals surface area contributed by atoms with Crippen LogP contribution in [-0.2, 0) is 0 Å². The fraction of sp³-hybridized carbons (Fsp3) is 0.152. The van der Waals surface area contributed by atoms with Gasteiger partial charge in [-0.3, -0.25) is 0 Å². The van der Waals surface area contributed by atoms with E-state index in [1.807, 2.05) is 18.2 Å². The molecule has 0 N–H and O–H groups in total. The van der Waals surface area contributed by atoms with Gasteiger partial charge in [0, 0.05) is 10.9 Å². The number of halogens is 1. The molecular formula is C33H31ClO2Si. The number of methoxy groups -OCH3 is 1. The van der Waals surface area contributed by atoms with Crippen LogP contribution in [0.15, 0.2) is 115 Å². The highest BCUT2D eigenvalue weighted by molar-refractivity contribution is 7.00. The highest BCUT2D eigenvalue weighted by atomic mass is 35.5. The standard InChI is InChI=1S/C33H31ClO2Si/c1-33(2,3)37(28-11-7-5-8-12-28,29-13-9-6-10-14-29)36-26-18-15-24(16-19-26)30-21-17-25-23-27(35-4)20-22-31(25)32(30)34/h5-23H,1-4H3. The number of benzene rings is 5. The summed E-state index contributed by atoms with van der Waals surface area (Å²) in [6.45, 7) is 6.87. The molecule has 5 aromatic carbocycles. The van der Waals surface area contributed by atoms with E-state index in [2.05, 4.69) is 118 Å². The topological polar surface area (TPSA) is 18.5 Å². The molecule has 5 aromatic rings. The van der Waals surface area contributed by atoms with Crippen molar-refractivity contribution in [1.82, 2.24) is 0 Å². The highest BCUT2D eigenvalue weighted by Gasteiger charge is 2.52. The van der Waals surface area contributed by atoms with E-state index in [9.17, 15) is 0 Å². The summed E-state index contributed by atoms with van der Waals surface area (Å²) in [6.07, 6.45) is 0. The predicted molar refractivity (Wildman–Crippen MR) is 159 cm³/mol. The van der Waals surface area contributed by atoms with Gasteiger partial charge in [-0.25, -0.2) is 0 Å². The number of rotatable bonds is 6. The SMILES string of the molecule is COc1ccc2c(Cl)c(-c3ccc(O[Si](c4ccccc4)(c4ccccc4)C(C)(C)C)cc3)ccc2c1. The Morgan fingerprint density at radius 3 is 1.76 bits per heavy atom. The lowest BCUT2D eigenvalue weighted by Gasteiger charge is -2.43. The summed E-state index contributed by atoms with van der Waals surface area (Å²) in [6, 6.07) is 39.9. The third-order valence-corrected chi connectivity index (χ3v) is 12.4. The first-order valence-corrected chi connectivity index (χ1v) is 14.8. The quantitative estimate of drug-likeness (QED) is 0.210. The first-order valence-electron chi connectivity index (χ1n) is 12.5. The molecule has 0 atom stereocenters. The molecule has 0 heterocycles. The lowest BCUT2D eigenvalue weighted by atomic mass is 10.0. The molecule has 186 valence electrons. The van der Waals surface area contributed by atoms with Crippen molar-refractivity contribution in [3.63, 3.8) is 0 Å². The first kappa shape index (κ1) is 25.1. The zero-order chi connectivity index (χ0) is 26.0. The molecule has 2 nitrogen and oxygen atoms in total. The number of hydrogen-bond acceptors (Lipinski definition) is 2. The summed E-state index contributed by atoms with van der Waals surface area (Å²) in [7, 11) is -1.01. The van der Waals surface area contributed by atoms with Crippen LogP contribution in [0.3, 0.4) is 0 Å². The van der Waals surface area contributed by atoms with Gasteiger partial charge in [-0.15, -0.1) is 0 Å². The van der Waals surface area contributed by atoms with Gasteiger partial charge in [0.1, 0.15) is 11.5 Å². The van der Waals surface area contributed by atoms with Gasteiger partial charge >= 0.3 is 8.32 Å². The van der Waals surface area contributed by atoms with Gasteiger partial charge in [-0.2, -0.15) is 0 Å². The van der Waals surface area contributed by atoms with Crippen molar-refractivity contribution in [1.29, 1.82) is 0 Å². The molecule has 0 saturated heterocycles. The Labute approximate surface area is 225 Å². The van der Waals surface area contributed by atoms with Crippen LogP contribution in [0, 0.1) is 0 Å². The summed E-state index contributed by atoms with van der Waals surface area (Å²) >= 11 is 6.87. The van der Waals surface area contributed by atoms with E-state index in [0.717, 1.165) is 38.4 Å². The zero-order valence-corrected chi connectivity index (χ0v) is 23.4. The van der Waals surface area contributed by atoms with Crippen molar-refractivity contribution in [2.45, 2.75) is 25.8 Å². The van der Waals surface area contributed by atoms with Gasteiger partial charge in [0.05, 0.1) is 12.1 Å². The Morgan fingerprint density at radius 2 is 1.22 bits per heavy atom. The molecule has 4 heteroatoms. The maximum Gasteiger partial charge on any atom is 0.319 e. The van der Waals surface area contributed by atoms with Crippen LogP contribution in [0.1, 0.15) is 20.8 Å². The average Bonchev–Trinajstić information content (AvgIpc) is 2.92. The summed E-state index contributed by atoms with van der Waals surface area (Å²) in [5.41, 5.74) is 2.05. The third kappa shape index (κ3) is 4.65. The Hall–Kier alpha value is -3.53. The minimum absolute atomic E-state index is 0.100. The molecular weight excluding hydrogens is 492 g/mol. The molecule has 5 rings (SSSR count). The molecule has 0 aliphatic rings. The Morgan fingerprint density at radius 1 is 0.649 bits per heavy atom. The second-order valence-corrected chi connectivity index (χ2v) is 14.9. The summed E-state index contributed by atoms with van der Waals surface area (Å²) < 4.78 is 12.5. The monoisotopic (exact) mass is 522 g/mol. The van der Waals surface area contributed by atoms with E-state index in [0.29, 0.717) is 0 Å². The van der Waals surface area contributed by atoms with E-state index >= 15 is 0 Å². The molecule has 0 radical (unpaired) electrons. The highest BCUT2D eigenvalue weighted by Crippen LogP contribution is 2.39. The summed E-state index contributed by atoms with van der Waals surface area (Å²) in [4.78, 5) is 0. The average molecular weight is 523 g/mol. The van der Waals surface area contributed by atoms with Gasteiger partial charge in [0.15, 0.2) is 0 Å². The Kier molecular flexibility index (Phi) is 6.85. The van der Waals surface area contributed by atoms with Crippen LogP contribution >= 0.6 is 11.6 Å². The Balaban J connectivity index is 1.56. The van der Waals surface area contributed by atoms with Gasteiger partial charge in [-0.1, -0.05) is 117 Å². The van der Waals surface area contributed by atoms with Crippen molar-refractivity contribution in [3.8, 4) is 22.6 Å². The lowest BCUT2D eigenvalue weighted by molar-refractivity contribution is 0.415. The second kappa shape index (κ2) is 10.1. The van der Waals surface area contributed by atoms with Crippen molar-refractivity contribution >= 4 is 41.1 Å². The van der Waals surface area contributed by atoms with Crippen LogP contribution in [0.5, 0.6) is 11.5 Å². The van der Waals surface area contributed by atoms with Crippen LogP contribution in [0.25, 0.3) is 21.9 Å². The van der Waals surface area contributed by atoms with E-state index < -0.39 is 8.32 Å². The van der Waals surface area contributed by atoms with Crippen molar-refractivity contribution in [3.05, 3.63) is 120 Å². The minimum Gasteiger partial charge on any atom is -0.534 e. The molecule has 0 aliphatic heterocycles. The molecule has 0 spiro atoms. The van der Waals surface area contributed by atoms with Crippen LogP contribution in [0.2, 0.25) is 10.1 Å². The van der Waals surface area contributed by atoms with Gasteiger partial charge < -0.3 is 9.16 Å². The molecule has 0 aliphatic carbocycles. The number of ether oxygens (including phenoxy) is 1. The fourth-order valence-corrected chi connectivity index (χ4v) is 9.91. The minimum atomic E-state index is -2.68. The van der Waals surface area contributed by atoms with Crippen LogP contribution < -0.4 is 19.5 Å². The fourth-order valence-electron chi connectivity index (χ4n) is 5.15. The molecule has 0 amide bonds. The maximum atomic E-state index is 7.15.